The number of methoxy groups -OCH3 is 1. The number of imidazole rings is 1. The summed E-state index contributed by atoms with van der Waals surface area (Å²) in [5.41, 5.74) is 8.59. The van der Waals surface area contributed by atoms with Gasteiger partial charge >= 0.3 is 5.97 Å². The Bertz CT molecular complexity index is 967. The van der Waals surface area contributed by atoms with Gasteiger partial charge in [0.25, 0.3) is 0 Å². The van der Waals surface area contributed by atoms with Crippen molar-refractivity contribution in [1.82, 2.24) is 19.9 Å². The first kappa shape index (κ1) is 18.6. The van der Waals surface area contributed by atoms with Crippen molar-refractivity contribution < 1.29 is 14.3 Å². The number of para-hydroxylation sites is 1. The molecule has 0 saturated carbocycles. The Hall–Kier alpha value is -3.16. The highest BCUT2D eigenvalue weighted by Gasteiger charge is 2.12. The average molecular weight is 369 g/mol. The highest BCUT2D eigenvalue weighted by molar-refractivity contribution is 6.06. The highest BCUT2D eigenvalue weighted by Crippen LogP contribution is 2.27. The van der Waals surface area contributed by atoms with E-state index in [4.69, 9.17) is 5.73 Å². The van der Waals surface area contributed by atoms with Gasteiger partial charge in [0.2, 0.25) is 5.91 Å². The maximum absolute atomic E-state index is 11.7. The van der Waals surface area contributed by atoms with Crippen LogP contribution in [0.15, 0.2) is 30.6 Å². The van der Waals surface area contributed by atoms with E-state index in [1.54, 1.807) is 6.33 Å². The molecule has 3 aromatic rings. The van der Waals surface area contributed by atoms with Crippen molar-refractivity contribution in [2.45, 2.75) is 32.2 Å². The first-order chi connectivity index (χ1) is 13.1. The molecule has 1 amide bonds. The zero-order valence-corrected chi connectivity index (χ0v) is 15.3. The smallest absolute Gasteiger partial charge is 0.306 e. The van der Waals surface area contributed by atoms with Crippen LogP contribution in [0.5, 0.6) is 0 Å². The quantitative estimate of drug-likeness (QED) is 0.464. The van der Waals surface area contributed by atoms with Crippen LogP contribution in [0.3, 0.4) is 0 Å². The Morgan fingerprint density at radius 2 is 2.04 bits per heavy atom. The number of benzene rings is 1. The SMILES string of the molecule is COC(=O)CCC(=O)NCCCCn1cnc2c(N)nc3ccccc3c21. The molecule has 0 spiro atoms. The monoisotopic (exact) mass is 369 g/mol. The highest BCUT2D eigenvalue weighted by atomic mass is 16.5. The van der Waals surface area contributed by atoms with Crippen molar-refractivity contribution in [3.8, 4) is 0 Å². The van der Waals surface area contributed by atoms with Crippen LogP contribution >= 0.6 is 0 Å². The summed E-state index contributed by atoms with van der Waals surface area (Å²) in [4.78, 5) is 31.5. The molecule has 2 aromatic heterocycles. The number of pyridine rings is 1. The molecule has 0 fully saturated rings. The minimum atomic E-state index is -0.377. The molecule has 2 heterocycles. The number of nitrogen functional groups attached to an aromatic ring is 1. The summed E-state index contributed by atoms with van der Waals surface area (Å²) in [5.74, 6) is -0.0863. The molecule has 0 aliphatic carbocycles. The van der Waals surface area contributed by atoms with E-state index in [1.165, 1.54) is 7.11 Å². The predicted octanol–water partition coefficient (Wildman–Crippen LogP) is 2.02. The summed E-state index contributed by atoms with van der Waals surface area (Å²) in [7, 11) is 1.31. The van der Waals surface area contributed by atoms with Crippen molar-refractivity contribution in [3.63, 3.8) is 0 Å². The lowest BCUT2D eigenvalue weighted by Gasteiger charge is -2.08. The lowest BCUT2D eigenvalue weighted by atomic mass is 10.2. The minimum absolute atomic E-state index is 0.103. The summed E-state index contributed by atoms with van der Waals surface area (Å²) in [6, 6.07) is 7.86. The molecule has 0 radical (unpaired) electrons. The third-order valence-electron chi connectivity index (χ3n) is 4.41. The van der Waals surface area contributed by atoms with Crippen molar-refractivity contribution in [1.29, 1.82) is 0 Å². The van der Waals surface area contributed by atoms with Gasteiger partial charge in [-0.25, -0.2) is 9.97 Å². The molecule has 3 N–H and O–H groups in total. The number of aromatic nitrogens is 3. The maximum atomic E-state index is 11.7. The molecule has 142 valence electrons. The van der Waals surface area contributed by atoms with Crippen molar-refractivity contribution in [2.75, 3.05) is 19.4 Å². The molecule has 8 heteroatoms. The molecule has 1 aromatic carbocycles. The molecule has 0 bridgehead atoms. The van der Waals surface area contributed by atoms with Gasteiger partial charge in [0, 0.05) is 24.9 Å². The van der Waals surface area contributed by atoms with E-state index in [9.17, 15) is 9.59 Å². The van der Waals surface area contributed by atoms with E-state index in [-0.39, 0.29) is 24.7 Å². The number of anilines is 1. The van der Waals surface area contributed by atoms with Gasteiger partial charge in [0.15, 0.2) is 5.82 Å². The standard InChI is InChI=1S/C19H23N5O3/c1-27-16(26)9-8-15(25)21-10-4-5-11-24-12-22-17-18(24)13-6-2-3-7-14(13)23-19(17)20/h2-3,6-7,12H,4-5,8-11H2,1H3,(H2,20,23)(H,21,25). The van der Waals surface area contributed by atoms with Gasteiger partial charge < -0.3 is 20.4 Å². The van der Waals surface area contributed by atoms with Crippen molar-refractivity contribution in [2.24, 2.45) is 0 Å². The van der Waals surface area contributed by atoms with Gasteiger partial charge in [-0.3, -0.25) is 9.59 Å². The molecule has 0 atom stereocenters. The van der Waals surface area contributed by atoms with Gasteiger partial charge in [0.1, 0.15) is 5.52 Å². The number of hydrogen-bond donors (Lipinski definition) is 2. The lowest BCUT2D eigenvalue weighted by molar-refractivity contribution is -0.142. The number of carbonyl (C=O) groups excluding carboxylic acids is 2. The van der Waals surface area contributed by atoms with Crippen LogP contribution < -0.4 is 11.1 Å². The van der Waals surface area contributed by atoms with Crippen LogP contribution in [0.2, 0.25) is 0 Å². The van der Waals surface area contributed by atoms with Gasteiger partial charge in [-0.05, 0) is 18.9 Å². The van der Waals surface area contributed by atoms with E-state index in [1.807, 2.05) is 24.3 Å². The number of aryl methyl sites for hydroxylation is 1. The molecular weight excluding hydrogens is 346 g/mol. The Labute approximate surface area is 156 Å². The number of nitrogens with zero attached hydrogens (tertiary/aromatic N) is 3. The topological polar surface area (TPSA) is 112 Å². The molecule has 0 saturated heterocycles. The number of nitrogens with one attached hydrogen (secondary N) is 1. The maximum Gasteiger partial charge on any atom is 0.306 e. The van der Waals surface area contributed by atoms with Crippen molar-refractivity contribution in [3.05, 3.63) is 30.6 Å². The number of rotatable bonds is 8. The summed E-state index contributed by atoms with van der Waals surface area (Å²) in [5, 5.41) is 3.84. The number of hydrogen-bond acceptors (Lipinski definition) is 6. The third-order valence-corrected chi connectivity index (χ3v) is 4.41. The average Bonchev–Trinajstić information content (AvgIpc) is 3.11. The summed E-state index contributed by atoms with van der Waals surface area (Å²) < 4.78 is 6.60. The fourth-order valence-electron chi connectivity index (χ4n) is 3.02. The molecular formula is C19H23N5O3. The van der Waals surface area contributed by atoms with Crippen LogP contribution in [0, 0.1) is 0 Å². The summed E-state index contributed by atoms with van der Waals surface area (Å²) >= 11 is 0. The Morgan fingerprint density at radius 3 is 2.85 bits per heavy atom. The Morgan fingerprint density at radius 1 is 1.22 bits per heavy atom. The number of ether oxygens (including phenoxy) is 1. The van der Waals surface area contributed by atoms with E-state index in [2.05, 4.69) is 24.6 Å². The van der Waals surface area contributed by atoms with Crippen LogP contribution in [0.4, 0.5) is 5.82 Å². The van der Waals surface area contributed by atoms with Crippen molar-refractivity contribution >= 4 is 39.6 Å². The second-order valence-corrected chi connectivity index (χ2v) is 6.28. The first-order valence-corrected chi connectivity index (χ1v) is 8.92. The fourth-order valence-corrected chi connectivity index (χ4v) is 3.02. The number of carbonyl (C=O) groups is 2. The zero-order chi connectivity index (χ0) is 19.2. The molecule has 0 unspecified atom stereocenters. The molecule has 27 heavy (non-hydrogen) atoms. The van der Waals surface area contributed by atoms with E-state index >= 15 is 0 Å². The normalized spacial score (nSPS) is 11.0. The third kappa shape index (κ3) is 4.33. The van der Waals surface area contributed by atoms with E-state index < -0.39 is 0 Å². The lowest BCUT2D eigenvalue weighted by Crippen LogP contribution is -2.25. The zero-order valence-electron chi connectivity index (χ0n) is 15.3. The van der Waals surface area contributed by atoms with E-state index in [0.29, 0.717) is 17.9 Å². The summed E-state index contributed by atoms with van der Waals surface area (Å²) in [6.07, 6.45) is 3.73. The predicted molar refractivity (Wildman–Crippen MR) is 103 cm³/mol. The number of esters is 1. The van der Waals surface area contributed by atoms with Crippen LogP contribution in [0.25, 0.3) is 21.9 Å². The molecule has 8 nitrogen and oxygen atoms in total. The van der Waals surface area contributed by atoms with Gasteiger partial charge in [-0.15, -0.1) is 0 Å². The molecule has 0 aliphatic heterocycles. The largest absolute Gasteiger partial charge is 0.469 e. The van der Waals surface area contributed by atoms with E-state index in [0.717, 1.165) is 35.8 Å². The Balaban J connectivity index is 1.55. The minimum Gasteiger partial charge on any atom is -0.469 e. The van der Waals surface area contributed by atoms with Crippen LogP contribution in [0.1, 0.15) is 25.7 Å². The number of fused-ring (bicyclic) bond motifs is 3. The molecule has 3 rings (SSSR count). The number of nitrogens with two attached hydrogens (primary N) is 1. The fraction of sp³-hybridized carbons (Fsp3) is 0.368. The van der Waals surface area contributed by atoms with Gasteiger partial charge in [0.05, 0.1) is 30.9 Å². The number of unbranched alkanes of at least 4 members (excludes halogenated alkanes) is 1. The van der Waals surface area contributed by atoms with Gasteiger partial charge in [-0.2, -0.15) is 0 Å². The van der Waals surface area contributed by atoms with Crippen LogP contribution in [-0.4, -0.2) is 40.1 Å². The number of amides is 1. The Kier molecular flexibility index (Phi) is 5.85. The van der Waals surface area contributed by atoms with Crippen LogP contribution in [-0.2, 0) is 20.9 Å². The molecule has 0 aliphatic rings. The summed E-state index contributed by atoms with van der Waals surface area (Å²) in [6.45, 7) is 1.33. The first-order valence-electron chi connectivity index (χ1n) is 8.92. The second-order valence-electron chi connectivity index (χ2n) is 6.28. The second kappa shape index (κ2) is 8.48. The van der Waals surface area contributed by atoms with Gasteiger partial charge in [-0.1, -0.05) is 18.2 Å².